The van der Waals surface area contributed by atoms with E-state index < -0.39 is 0 Å². The van der Waals surface area contributed by atoms with Gasteiger partial charge in [-0.1, -0.05) is 13.3 Å². The lowest BCUT2D eigenvalue weighted by Gasteiger charge is -2.42. The predicted octanol–water partition coefficient (Wildman–Crippen LogP) is 3.14. The van der Waals surface area contributed by atoms with Crippen LogP contribution in [0.25, 0.3) is 10.2 Å². The van der Waals surface area contributed by atoms with E-state index in [1.807, 2.05) is 6.20 Å². The predicted molar refractivity (Wildman–Crippen MR) is 68.7 cm³/mol. The minimum absolute atomic E-state index is 0.397. The molecule has 0 saturated heterocycles. The summed E-state index contributed by atoms with van der Waals surface area (Å²) in [4.78, 5) is 4.51. The molecule has 0 radical (unpaired) electrons. The van der Waals surface area contributed by atoms with E-state index in [1.54, 1.807) is 11.3 Å². The first-order valence-electron chi connectivity index (χ1n) is 5.88. The highest BCUT2D eigenvalue weighted by Gasteiger charge is 2.38. The van der Waals surface area contributed by atoms with Gasteiger partial charge in [0.1, 0.15) is 0 Å². The van der Waals surface area contributed by atoms with E-state index in [1.165, 1.54) is 16.7 Å². The molecule has 3 unspecified atom stereocenters. The molecule has 0 aromatic carbocycles. The van der Waals surface area contributed by atoms with Crippen molar-refractivity contribution in [2.75, 3.05) is 0 Å². The van der Waals surface area contributed by atoms with Crippen LogP contribution in [0.5, 0.6) is 0 Å². The van der Waals surface area contributed by atoms with Gasteiger partial charge in [0.05, 0.1) is 10.2 Å². The molecule has 3 atom stereocenters. The highest BCUT2D eigenvalue weighted by atomic mass is 32.1. The fourth-order valence-corrected chi connectivity index (χ4v) is 3.57. The molecule has 2 N–H and O–H groups in total. The van der Waals surface area contributed by atoms with E-state index in [9.17, 15) is 0 Å². The standard InChI is InChI=1S/C13H16N2S/c1-2-9-10(6-11(9)14)8-5-13-12(15-7-8)3-4-16-13/h3-5,7,9-11H,2,6,14H2,1H3. The summed E-state index contributed by atoms with van der Waals surface area (Å²) in [5, 5.41) is 2.10. The molecule has 0 bridgehead atoms. The summed E-state index contributed by atoms with van der Waals surface area (Å²) in [5.41, 5.74) is 8.53. The SMILES string of the molecule is CCC1C(N)CC1c1cnc2ccsc2c1. The van der Waals surface area contributed by atoms with E-state index in [4.69, 9.17) is 5.73 Å². The van der Waals surface area contributed by atoms with Crippen molar-refractivity contribution in [3.05, 3.63) is 29.3 Å². The van der Waals surface area contributed by atoms with Gasteiger partial charge in [-0.15, -0.1) is 11.3 Å². The van der Waals surface area contributed by atoms with E-state index >= 15 is 0 Å². The zero-order chi connectivity index (χ0) is 11.1. The van der Waals surface area contributed by atoms with E-state index in [0.717, 1.165) is 11.9 Å². The van der Waals surface area contributed by atoms with Gasteiger partial charge in [0.2, 0.25) is 0 Å². The van der Waals surface area contributed by atoms with Crippen LogP contribution in [0, 0.1) is 5.92 Å². The molecule has 2 nitrogen and oxygen atoms in total. The summed E-state index contributed by atoms with van der Waals surface area (Å²) < 4.78 is 1.30. The molecule has 0 aliphatic heterocycles. The Morgan fingerprint density at radius 3 is 3.19 bits per heavy atom. The molecule has 2 aromatic heterocycles. The van der Waals surface area contributed by atoms with Crippen LogP contribution >= 0.6 is 11.3 Å². The van der Waals surface area contributed by atoms with Gasteiger partial charge in [-0.05, 0) is 41.3 Å². The van der Waals surface area contributed by atoms with E-state index in [2.05, 4.69) is 29.4 Å². The zero-order valence-electron chi connectivity index (χ0n) is 9.39. The second-order valence-electron chi connectivity index (χ2n) is 4.65. The largest absolute Gasteiger partial charge is 0.327 e. The minimum atomic E-state index is 0.397. The maximum Gasteiger partial charge on any atom is 0.0809 e. The third-order valence-electron chi connectivity index (χ3n) is 3.82. The van der Waals surface area contributed by atoms with Gasteiger partial charge in [-0.2, -0.15) is 0 Å². The second kappa shape index (κ2) is 3.82. The zero-order valence-corrected chi connectivity index (χ0v) is 10.2. The molecule has 0 amide bonds. The molecule has 3 heteroatoms. The summed E-state index contributed by atoms with van der Waals surface area (Å²) in [6, 6.07) is 4.77. The Morgan fingerprint density at radius 1 is 1.56 bits per heavy atom. The molecule has 1 fully saturated rings. The summed E-state index contributed by atoms with van der Waals surface area (Å²) in [6.45, 7) is 2.23. The highest BCUT2D eigenvalue weighted by Crippen LogP contribution is 2.43. The Bertz CT molecular complexity index is 505. The van der Waals surface area contributed by atoms with Crippen molar-refractivity contribution in [3.63, 3.8) is 0 Å². The molecule has 84 valence electrons. The molecule has 1 aliphatic carbocycles. The van der Waals surface area contributed by atoms with Crippen LogP contribution in [0.1, 0.15) is 31.2 Å². The lowest BCUT2D eigenvalue weighted by atomic mass is 9.65. The van der Waals surface area contributed by atoms with Gasteiger partial charge in [0.15, 0.2) is 0 Å². The van der Waals surface area contributed by atoms with Gasteiger partial charge >= 0.3 is 0 Å². The number of hydrogen-bond donors (Lipinski definition) is 1. The third kappa shape index (κ3) is 1.46. The smallest absolute Gasteiger partial charge is 0.0809 e. The third-order valence-corrected chi connectivity index (χ3v) is 4.67. The Morgan fingerprint density at radius 2 is 2.44 bits per heavy atom. The summed E-state index contributed by atoms with van der Waals surface area (Å²) in [7, 11) is 0. The number of nitrogens with zero attached hydrogens (tertiary/aromatic N) is 1. The molecule has 3 rings (SSSR count). The summed E-state index contributed by atoms with van der Waals surface area (Å²) in [5.74, 6) is 1.29. The summed E-state index contributed by atoms with van der Waals surface area (Å²) in [6.07, 6.45) is 4.33. The number of hydrogen-bond acceptors (Lipinski definition) is 3. The van der Waals surface area contributed by atoms with Crippen molar-refractivity contribution < 1.29 is 0 Å². The molecular formula is C13H16N2S. The number of rotatable bonds is 2. The van der Waals surface area contributed by atoms with Crippen LogP contribution in [0.2, 0.25) is 0 Å². The van der Waals surface area contributed by atoms with Crippen LogP contribution in [-0.2, 0) is 0 Å². The number of thiophene rings is 1. The van der Waals surface area contributed by atoms with Crippen molar-refractivity contribution in [3.8, 4) is 0 Å². The Balaban J connectivity index is 1.94. The first-order chi connectivity index (χ1) is 7.79. The van der Waals surface area contributed by atoms with Crippen LogP contribution in [-0.4, -0.2) is 11.0 Å². The summed E-state index contributed by atoms with van der Waals surface area (Å²) >= 11 is 1.77. The monoisotopic (exact) mass is 232 g/mol. The van der Waals surface area contributed by atoms with Gasteiger partial charge in [-0.25, -0.2) is 0 Å². The van der Waals surface area contributed by atoms with E-state index in [-0.39, 0.29) is 0 Å². The molecule has 16 heavy (non-hydrogen) atoms. The van der Waals surface area contributed by atoms with Crippen LogP contribution in [0.15, 0.2) is 23.7 Å². The molecule has 2 aromatic rings. The topological polar surface area (TPSA) is 38.9 Å². The lowest BCUT2D eigenvalue weighted by Crippen LogP contribution is -2.45. The second-order valence-corrected chi connectivity index (χ2v) is 5.60. The fraction of sp³-hybridized carbons (Fsp3) is 0.462. The van der Waals surface area contributed by atoms with Crippen molar-refractivity contribution in [1.82, 2.24) is 4.98 Å². The van der Waals surface area contributed by atoms with Crippen molar-refractivity contribution in [2.24, 2.45) is 11.7 Å². The minimum Gasteiger partial charge on any atom is -0.327 e. The number of pyridine rings is 1. The van der Waals surface area contributed by atoms with Crippen molar-refractivity contribution in [2.45, 2.75) is 31.7 Å². The number of aromatic nitrogens is 1. The molecule has 1 aliphatic rings. The molecule has 0 spiro atoms. The number of nitrogens with two attached hydrogens (primary N) is 1. The van der Waals surface area contributed by atoms with E-state index in [0.29, 0.717) is 17.9 Å². The average molecular weight is 232 g/mol. The fourth-order valence-electron chi connectivity index (χ4n) is 2.78. The van der Waals surface area contributed by atoms with Gasteiger partial charge < -0.3 is 5.73 Å². The Kier molecular flexibility index (Phi) is 2.45. The Labute approximate surface area is 99.5 Å². The van der Waals surface area contributed by atoms with Gasteiger partial charge in [-0.3, -0.25) is 4.98 Å². The first-order valence-corrected chi connectivity index (χ1v) is 6.76. The Hall–Kier alpha value is -0.930. The number of fused-ring (bicyclic) bond motifs is 1. The molecular weight excluding hydrogens is 216 g/mol. The van der Waals surface area contributed by atoms with Crippen LogP contribution in [0.3, 0.4) is 0 Å². The molecule has 2 heterocycles. The lowest BCUT2D eigenvalue weighted by molar-refractivity contribution is 0.198. The van der Waals surface area contributed by atoms with Gasteiger partial charge in [0.25, 0.3) is 0 Å². The highest BCUT2D eigenvalue weighted by molar-refractivity contribution is 7.17. The van der Waals surface area contributed by atoms with Crippen molar-refractivity contribution in [1.29, 1.82) is 0 Å². The quantitative estimate of drug-likeness (QED) is 0.864. The van der Waals surface area contributed by atoms with Crippen molar-refractivity contribution >= 4 is 21.6 Å². The van der Waals surface area contributed by atoms with Gasteiger partial charge in [0, 0.05) is 12.2 Å². The normalized spacial score (nSPS) is 29.2. The molecule has 1 saturated carbocycles. The van der Waals surface area contributed by atoms with Crippen LogP contribution in [0.4, 0.5) is 0 Å². The maximum absolute atomic E-state index is 6.04. The first kappa shape index (κ1) is 10.2. The average Bonchev–Trinajstić information content (AvgIpc) is 2.73. The maximum atomic E-state index is 6.04. The van der Waals surface area contributed by atoms with Crippen LogP contribution < -0.4 is 5.73 Å².